The van der Waals surface area contributed by atoms with Crippen molar-refractivity contribution in [3.05, 3.63) is 54.1 Å². The van der Waals surface area contributed by atoms with Crippen molar-refractivity contribution in [2.24, 2.45) is 0 Å². The molecule has 0 saturated carbocycles. The predicted octanol–water partition coefficient (Wildman–Crippen LogP) is 3.14. The van der Waals surface area contributed by atoms with Crippen molar-refractivity contribution in [2.45, 2.75) is 0 Å². The van der Waals surface area contributed by atoms with Crippen LogP contribution in [0.5, 0.6) is 5.75 Å². The number of rotatable bonds is 1. The molecule has 3 heteroatoms. The molecule has 1 radical (unpaired) electrons. The molecule has 15 heavy (non-hydrogen) atoms. The van der Waals surface area contributed by atoms with Crippen LogP contribution in [-0.4, -0.2) is 5.11 Å². The van der Waals surface area contributed by atoms with Crippen LogP contribution in [0.25, 0.3) is 11.1 Å². The molecule has 0 bridgehead atoms. The van der Waals surface area contributed by atoms with Crippen LogP contribution in [0.4, 0.5) is 8.78 Å². The second-order valence-corrected chi connectivity index (χ2v) is 3.05. The Kier molecular flexibility index (Phi) is 2.37. The number of halogens is 2. The van der Waals surface area contributed by atoms with Crippen LogP contribution in [-0.2, 0) is 0 Å². The number of hydrogen-bond donors (Lipinski definition) is 1. The number of phenolic OH excluding ortho intramolecular Hbond substituents is 1. The molecule has 0 fully saturated rings. The van der Waals surface area contributed by atoms with E-state index in [1.165, 1.54) is 12.1 Å². The summed E-state index contributed by atoms with van der Waals surface area (Å²) in [6.45, 7) is 0. The van der Waals surface area contributed by atoms with Gasteiger partial charge in [-0.25, -0.2) is 8.78 Å². The van der Waals surface area contributed by atoms with Crippen LogP contribution < -0.4 is 0 Å². The number of aromatic hydroxyl groups is 1. The van der Waals surface area contributed by atoms with E-state index in [4.69, 9.17) is 0 Å². The van der Waals surface area contributed by atoms with Gasteiger partial charge in [-0.1, -0.05) is 12.1 Å². The van der Waals surface area contributed by atoms with Gasteiger partial charge in [-0.05, 0) is 24.3 Å². The molecule has 0 unspecified atom stereocenters. The third-order valence-corrected chi connectivity index (χ3v) is 2.03. The van der Waals surface area contributed by atoms with Gasteiger partial charge >= 0.3 is 0 Å². The Bertz CT molecular complexity index is 495. The van der Waals surface area contributed by atoms with E-state index in [1.54, 1.807) is 12.1 Å². The second-order valence-electron chi connectivity index (χ2n) is 3.05. The highest BCUT2D eigenvalue weighted by Gasteiger charge is 2.09. The number of hydrogen-bond acceptors (Lipinski definition) is 1. The third kappa shape index (κ3) is 1.81. The highest BCUT2D eigenvalue weighted by Crippen LogP contribution is 2.30. The summed E-state index contributed by atoms with van der Waals surface area (Å²) in [4.78, 5) is 0. The minimum Gasteiger partial charge on any atom is -0.507 e. The average molecular weight is 205 g/mol. The largest absolute Gasteiger partial charge is 0.507 e. The molecule has 0 saturated heterocycles. The van der Waals surface area contributed by atoms with Crippen molar-refractivity contribution in [2.75, 3.05) is 0 Å². The molecule has 1 N–H and O–H groups in total. The summed E-state index contributed by atoms with van der Waals surface area (Å²) in [5, 5.41) is 9.47. The first kappa shape index (κ1) is 9.65. The van der Waals surface area contributed by atoms with Crippen LogP contribution >= 0.6 is 0 Å². The SMILES string of the molecule is Oc1ccc[c]c1-c1ccc(F)cc1F. The van der Waals surface area contributed by atoms with Crippen molar-refractivity contribution >= 4 is 0 Å². The smallest absolute Gasteiger partial charge is 0.134 e. The molecular weight excluding hydrogens is 198 g/mol. The summed E-state index contributed by atoms with van der Waals surface area (Å²) in [5.41, 5.74) is 0.365. The van der Waals surface area contributed by atoms with Crippen LogP contribution in [0.15, 0.2) is 36.4 Å². The van der Waals surface area contributed by atoms with Crippen molar-refractivity contribution < 1.29 is 13.9 Å². The van der Waals surface area contributed by atoms with E-state index in [1.807, 2.05) is 0 Å². The zero-order valence-corrected chi connectivity index (χ0v) is 7.67. The molecule has 2 aromatic carbocycles. The van der Waals surface area contributed by atoms with Crippen LogP contribution in [0.2, 0.25) is 0 Å². The molecule has 0 aliphatic heterocycles. The summed E-state index contributed by atoms with van der Waals surface area (Å²) in [6, 6.07) is 10.4. The lowest BCUT2D eigenvalue weighted by Crippen LogP contribution is -1.86. The quantitative estimate of drug-likeness (QED) is 0.758. The summed E-state index contributed by atoms with van der Waals surface area (Å²) >= 11 is 0. The van der Waals surface area contributed by atoms with Gasteiger partial charge in [0.15, 0.2) is 0 Å². The molecule has 1 nitrogen and oxygen atoms in total. The van der Waals surface area contributed by atoms with E-state index in [2.05, 4.69) is 6.07 Å². The molecule has 0 atom stereocenters. The summed E-state index contributed by atoms with van der Waals surface area (Å²) in [7, 11) is 0. The Morgan fingerprint density at radius 1 is 1.13 bits per heavy atom. The first-order valence-corrected chi connectivity index (χ1v) is 4.33. The molecule has 0 heterocycles. The summed E-state index contributed by atoms with van der Waals surface area (Å²) < 4.78 is 26.0. The Balaban J connectivity index is 2.60. The maximum absolute atomic E-state index is 13.3. The zero-order valence-electron chi connectivity index (χ0n) is 7.67. The fraction of sp³-hybridized carbons (Fsp3) is 0. The molecule has 75 valence electrons. The zero-order chi connectivity index (χ0) is 10.8. The summed E-state index contributed by atoms with van der Waals surface area (Å²) in [6.07, 6.45) is 0. The third-order valence-electron chi connectivity index (χ3n) is 2.03. The van der Waals surface area contributed by atoms with Gasteiger partial charge in [0.2, 0.25) is 0 Å². The molecule has 2 aromatic rings. The Morgan fingerprint density at radius 3 is 2.60 bits per heavy atom. The van der Waals surface area contributed by atoms with Gasteiger partial charge < -0.3 is 5.11 Å². The minimum absolute atomic E-state index is 0.0805. The van der Waals surface area contributed by atoms with Gasteiger partial charge in [-0.15, -0.1) is 0 Å². The predicted molar refractivity (Wildman–Crippen MR) is 52.3 cm³/mol. The lowest BCUT2D eigenvalue weighted by atomic mass is 10.0. The fourth-order valence-corrected chi connectivity index (χ4v) is 1.34. The van der Waals surface area contributed by atoms with E-state index < -0.39 is 11.6 Å². The molecule has 0 aliphatic carbocycles. The van der Waals surface area contributed by atoms with Gasteiger partial charge in [0.25, 0.3) is 0 Å². The van der Waals surface area contributed by atoms with Gasteiger partial charge in [0.1, 0.15) is 17.4 Å². The van der Waals surface area contributed by atoms with Gasteiger partial charge in [0, 0.05) is 17.2 Å². The van der Waals surface area contributed by atoms with Gasteiger partial charge in [-0.2, -0.15) is 0 Å². The minimum atomic E-state index is -0.715. The monoisotopic (exact) mass is 205 g/mol. The second kappa shape index (κ2) is 3.69. The maximum Gasteiger partial charge on any atom is 0.134 e. The Hall–Kier alpha value is -1.90. The van der Waals surface area contributed by atoms with Crippen molar-refractivity contribution in [1.29, 1.82) is 0 Å². The Morgan fingerprint density at radius 2 is 1.93 bits per heavy atom. The topological polar surface area (TPSA) is 20.2 Å². The van der Waals surface area contributed by atoms with E-state index >= 15 is 0 Å². The van der Waals surface area contributed by atoms with Crippen LogP contribution in [0, 0.1) is 17.7 Å². The number of benzene rings is 2. The highest BCUT2D eigenvalue weighted by atomic mass is 19.1. The first-order valence-electron chi connectivity index (χ1n) is 4.33. The summed E-state index contributed by atoms with van der Waals surface area (Å²) in [5.74, 6) is -1.44. The van der Waals surface area contributed by atoms with E-state index in [0.717, 1.165) is 12.1 Å². The molecule has 0 amide bonds. The van der Waals surface area contributed by atoms with Gasteiger partial charge in [0.05, 0.1) is 0 Å². The normalized spacial score (nSPS) is 10.3. The van der Waals surface area contributed by atoms with Crippen molar-refractivity contribution in [1.82, 2.24) is 0 Å². The molecule has 0 aromatic heterocycles. The van der Waals surface area contributed by atoms with E-state index in [-0.39, 0.29) is 16.9 Å². The lowest BCUT2D eigenvalue weighted by Gasteiger charge is -2.04. The highest BCUT2D eigenvalue weighted by molar-refractivity contribution is 5.69. The van der Waals surface area contributed by atoms with Crippen molar-refractivity contribution in [3.8, 4) is 16.9 Å². The molecular formula is C12H7F2O. The molecule has 0 spiro atoms. The van der Waals surface area contributed by atoms with E-state index in [0.29, 0.717) is 0 Å². The first-order chi connectivity index (χ1) is 7.18. The maximum atomic E-state index is 13.3. The number of phenols is 1. The fourth-order valence-electron chi connectivity index (χ4n) is 1.34. The van der Waals surface area contributed by atoms with E-state index in [9.17, 15) is 13.9 Å². The van der Waals surface area contributed by atoms with Gasteiger partial charge in [-0.3, -0.25) is 0 Å². The van der Waals surface area contributed by atoms with Crippen LogP contribution in [0.3, 0.4) is 0 Å². The van der Waals surface area contributed by atoms with Crippen LogP contribution in [0.1, 0.15) is 0 Å². The van der Waals surface area contributed by atoms with Crippen molar-refractivity contribution in [3.63, 3.8) is 0 Å². The Labute approximate surface area is 85.6 Å². The average Bonchev–Trinajstić information content (AvgIpc) is 2.20. The molecule has 0 aliphatic rings. The lowest BCUT2D eigenvalue weighted by molar-refractivity contribution is 0.476. The molecule has 2 rings (SSSR count). The standard InChI is InChI=1S/C12H7F2O/c13-8-5-6-9(11(14)7-8)10-3-1-2-4-12(10)15/h1-2,4-7,15H.